The van der Waals surface area contributed by atoms with Crippen LogP contribution in [0, 0.1) is 6.92 Å². The lowest BCUT2D eigenvalue weighted by Gasteiger charge is -2.11. The van der Waals surface area contributed by atoms with E-state index in [0.29, 0.717) is 11.4 Å². The molecule has 0 saturated heterocycles. The molecule has 2 aromatic carbocycles. The fourth-order valence-electron chi connectivity index (χ4n) is 2.76. The van der Waals surface area contributed by atoms with Crippen LogP contribution in [-0.4, -0.2) is 34.2 Å². The summed E-state index contributed by atoms with van der Waals surface area (Å²) >= 11 is 1.02. The van der Waals surface area contributed by atoms with Crippen molar-refractivity contribution < 1.29 is 14.3 Å². The Balaban J connectivity index is 1.77. The van der Waals surface area contributed by atoms with Gasteiger partial charge >= 0.3 is 11.7 Å². The van der Waals surface area contributed by atoms with E-state index < -0.39 is 11.7 Å². The molecule has 0 saturated carbocycles. The maximum atomic E-state index is 12.4. The molecule has 1 amide bonds. The van der Waals surface area contributed by atoms with Crippen molar-refractivity contribution in [3.63, 3.8) is 0 Å². The number of nitrogens with zero attached hydrogens (tertiary/aromatic N) is 1. The zero-order valence-electron chi connectivity index (χ0n) is 15.4. The SMILES string of the molecule is CCOC(=O)c1c(SCC(=O)Nc2cccc3ccccc23)nc(=O)[nH]c1C. The van der Waals surface area contributed by atoms with Crippen molar-refractivity contribution in [3.8, 4) is 0 Å². The second-order valence-electron chi connectivity index (χ2n) is 5.93. The van der Waals surface area contributed by atoms with Crippen LogP contribution in [0.15, 0.2) is 52.3 Å². The fraction of sp³-hybridized carbons (Fsp3) is 0.200. The number of amides is 1. The van der Waals surface area contributed by atoms with Gasteiger partial charge in [0, 0.05) is 16.8 Å². The van der Waals surface area contributed by atoms with Crippen molar-refractivity contribution in [2.24, 2.45) is 0 Å². The third-order valence-electron chi connectivity index (χ3n) is 3.97. The van der Waals surface area contributed by atoms with E-state index in [-0.39, 0.29) is 28.9 Å². The van der Waals surface area contributed by atoms with Gasteiger partial charge in [-0.1, -0.05) is 48.2 Å². The third kappa shape index (κ3) is 4.40. The van der Waals surface area contributed by atoms with Gasteiger partial charge in [-0.25, -0.2) is 9.59 Å². The number of anilines is 1. The summed E-state index contributed by atoms with van der Waals surface area (Å²) in [5.41, 5.74) is 0.645. The lowest BCUT2D eigenvalue weighted by atomic mass is 10.1. The van der Waals surface area contributed by atoms with Gasteiger partial charge in [0.05, 0.1) is 12.4 Å². The van der Waals surface area contributed by atoms with E-state index in [0.717, 1.165) is 22.5 Å². The first-order valence-electron chi connectivity index (χ1n) is 8.68. The molecule has 0 fully saturated rings. The molecule has 1 heterocycles. The van der Waals surface area contributed by atoms with Crippen LogP contribution < -0.4 is 11.0 Å². The average molecular weight is 397 g/mol. The van der Waals surface area contributed by atoms with E-state index in [1.807, 2.05) is 42.5 Å². The van der Waals surface area contributed by atoms with Gasteiger partial charge < -0.3 is 15.0 Å². The number of aromatic amines is 1. The summed E-state index contributed by atoms with van der Waals surface area (Å²) in [4.78, 5) is 42.6. The molecule has 8 heteroatoms. The van der Waals surface area contributed by atoms with E-state index in [1.54, 1.807) is 13.8 Å². The number of hydrogen-bond donors (Lipinski definition) is 2. The van der Waals surface area contributed by atoms with Crippen LogP contribution in [-0.2, 0) is 9.53 Å². The normalized spacial score (nSPS) is 10.6. The number of ether oxygens (including phenoxy) is 1. The van der Waals surface area contributed by atoms with Gasteiger partial charge in [0.1, 0.15) is 10.6 Å². The van der Waals surface area contributed by atoms with E-state index in [1.165, 1.54) is 0 Å². The molecule has 28 heavy (non-hydrogen) atoms. The van der Waals surface area contributed by atoms with Gasteiger partial charge in [-0.3, -0.25) is 4.79 Å². The Kier molecular flexibility index (Phi) is 6.10. The lowest BCUT2D eigenvalue weighted by molar-refractivity contribution is -0.113. The summed E-state index contributed by atoms with van der Waals surface area (Å²) in [7, 11) is 0. The zero-order valence-corrected chi connectivity index (χ0v) is 16.3. The van der Waals surface area contributed by atoms with Crippen LogP contribution >= 0.6 is 11.8 Å². The molecule has 0 unspecified atom stereocenters. The molecule has 0 aliphatic rings. The number of thioether (sulfide) groups is 1. The summed E-state index contributed by atoms with van der Waals surface area (Å²) < 4.78 is 5.03. The Morgan fingerprint density at radius 3 is 2.71 bits per heavy atom. The number of esters is 1. The van der Waals surface area contributed by atoms with E-state index in [2.05, 4.69) is 15.3 Å². The third-order valence-corrected chi connectivity index (χ3v) is 4.95. The molecule has 3 aromatic rings. The van der Waals surface area contributed by atoms with Crippen molar-refractivity contribution in [2.75, 3.05) is 17.7 Å². The molecule has 7 nitrogen and oxygen atoms in total. The second kappa shape index (κ2) is 8.71. The summed E-state index contributed by atoms with van der Waals surface area (Å²) in [6, 6.07) is 13.4. The highest BCUT2D eigenvalue weighted by Gasteiger charge is 2.20. The Bertz CT molecular complexity index is 1090. The van der Waals surface area contributed by atoms with E-state index in [4.69, 9.17) is 4.74 Å². The van der Waals surface area contributed by atoms with Gasteiger partial charge in [0.15, 0.2) is 0 Å². The highest BCUT2D eigenvalue weighted by Crippen LogP contribution is 2.25. The molecule has 2 N–H and O–H groups in total. The summed E-state index contributed by atoms with van der Waals surface area (Å²) in [6.45, 7) is 3.48. The topological polar surface area (TPSA) is 101 Å². The lowest BCUT2D eigenvalue weighted by Crippen LogP contribution is -2.21. The number of aryl methyl sites for hydroxylation is 1. The molecule has 3 rings (SSSR count). The van der Waals surface area contributed by atoms with Gasteiger partial charge in [-0.15, -0.1) is 0 Å². The molecular formula is C20H19N3O4S. The maximum Gasteiger partial charge on any atom is 0.346 e. The quantitative estimate of drug-likeness (QED) is 0.376. The Labute approximate surface area is 165 Å². The van der Waals surface area contributed by atoms with Crippen LogP contribution in [0.1, 0.15) is 23.0 Å². The number of nitrogens with one attached hydrogen (secondary N) is 2. The summed E-state index contributed by atoms with van der Waals surface area (Å²) in [5.74, 6) is -0.859. The number of aromatic nitrogens is 2. The maximum absolute atomic E-state index is 12.4. The number of carbonyl (C=O) groups is 2. The average Bonchev–Trinajstić information content (AvgIpc) is 2.66. The van der Waals surface area contributed by atoms with Crippen molar-refractivity contribution in [1.82, 2.24) is 9.97 Å². The minimum atomic E-state index is -0.583. The van der Waals surface area contributed by atoms with Gasteiger partial charge in [0.2, 0.25) is 5.91 Å². The van der Waals surface area contributed by atoms with Crippen molar-refractivity contribution >= 4 is 40.1 Å². The number of H-pyrrole nitrogens is 1. The van der Waals surface area contributed by atoms with Crippen molar-refractivity contribution in [3.05, 3.63) is 64.2 Å². The minimum Gasteiger partial charge on any atom is -0.462 e. The first-order valence-corrected chi connectivity index (χ1v) is 9.66. The number of carbonyl (C=O) groups excluding carboxylic acids is 2. The monoisotopic (exact) mass is 397 g/mol. The Morgan fingerprint density at radius 2 is 1.93 bits per heavy atom. The molecule has 0 aliphatic heterocycles. The smallest absolute Gasteiger partial charge is 0.346 e. The van der Waals surface area contributed by atoms with Crippen LogP contribution in [0.2, 0.25) is 0 Å². The van der Waals surface area contributed by atoms with Gasteiger partial charge in [-0.2, -0.15) is 4.98 Å². The predicted molar refractivity (Wildman–Crippen MR) is 109 cm³/mol. The number of rotatable bonds is 6. The molecule has 0 bridgehead atoms. The Morgan fingerprint density at radius 1 is 1.18 bits per heavy atom. The van der Waals surface area contributed by atoms with E-state index in [9.17, 15) is 14.4 Å². The fourth-order valence-corrected chi connectivity index (χ4v) is 3.63. The standard InChI is InChI=1S/C20H19N3O4S/c1-3-27-19(25)17-12(2)21-20(26)23-18(17)28-11-16(24)22-15-10-6-8-13-7-4-5-9-14(13)15/h4-10H,3,11H2,1-2H3,(H,22,24)(H,21,23,26). The number of benzene rings is 2. The summed E-state index contributed by atoms with van der Waals surface area (Å²) in [6.07, 6.45) is 0. The largest absolute Gasteiger partial charge is 0.462 e. The zero-order chi connectivity index (χ0) is 20.1. The molecule has 0 spiro atoms. The molecule has 0 atom stereocenters. The molecule has 0 radical (unpaired) electrons. The highest BCUT2D eigenvalue weighted by atomic mass is 32.2. The molecule has 144 valence electrons. The highest BCUT2D eigenvalue weighted by molar-refractivity contribution is 8.00. The van der Waals surface area contributed by atoms with Crippen LogP contribution in [0.3, 0.4) is 0 Å². The number of fused-ring (bicyclic) bond motifs is 1. The van der Waals surface area contributed by atoms with Crippen molar-refractivity contribution in [2.45, 2.75) is 18.9 Å². The second-order valence-corrected chi connectivity index (χ2v) is 6.90. The molecule has 0 aliphatic carbocycles. The van der Waals surface area contributed by atoms with E-state index >= 15 is 0 Å². The Hall–Kier alpha value is -3.13. The number of hydrogen-bond acceptors (Lipinski definition) is 6. The van der Waals surface area contributed by atoms with Gasteiger partial charge in [-0.05, 0) is 25.3 Å². The first-order chi connectivity index (χ1) is 13.5. The molecule has 1 aromatic heterocycles. The van der Waals surface area contributed by atoms with Crippen LogP contribution in [0.5, 0.6) is 0 Å². The summed E-state index contributed by atoms with van der Waals surface area (Å²) in [5, 5.41) is 4.99. The van der Waals surface area contributed by atoms with Crippen molar-refractivity contribution in [1.29, 1.82) is 0 Å². The predicted octanol–water partition coefficient (Wildman–Crippen LogP) is 3.14. The van der Waals surface area contributed by atoms with Gasteiger partial charge in [0.25, 0.3) is 0 Å². The minimum absolute atomic E-state index is 0.00841. The van der Waals surface area contributed by atoms with Crippen LogP contribution in [0.25, 0.3) is 10.8 Å². The van der Waals surface area contributed by atoms with Crippen LogP contribution in [0.4, 0.5) is 5.69 Å². The molecular weight excluding hydrogens is 378 g/mol. The first kappa shape index (κ1) is 19.6.